The second-order valence-electron chi connectivity index (χ2n) is 8.80. The Morgan fingerprint density at radius 2 is 1.67 bits per heavy atom. The molecule has 2 aromatic carbocycles. The Kier molecular flexibility index (Phi) is 5.20. The second-order valence-corrected chi connectivity index (χ2v) is 8.80. The predicted molar refractivity (Wildman–Crippen MR) is 122 cm³/mol. The monoisotopic (exact) mass is 443 g/mol. The van der Waals surface area contributed by atoms with Crippen molar-refractivity contribution < 1.29 is 14.4 Å². The highest BCUT2D eigenvalue weighted by molar-refractivity contribution is 6.09. The van der Waals surface area contributed by atoms with Gasteiger partial charge in [-0.25, -0.2) is 9.48 Å². The van der Waals surface area contributed by atoms with Crippen LogP contribution in [0.2, 0.25) is 0 Å². The number of nitrogens with zero attached hydrogens (tertiary/aromatic N) is 3. The van der Waals surface area contributed by atoms with Gasteiger partial charge in [0.15, 0.2) is 0 Å². The summed E-state index contributed by atoms with van der Waals surface area (Å²) in [6.45, 7) is 2.14. The molecule has 0 bridgehead atoms. The largest absolute Gasteiger partial charge is 0.344 e. The molecule has 3 aromatic rings. The van der Waals surface area contributed by atoms with E-state index in [9.17, 15) is 14.4 Å². The van der Waals surface area contributed by atoms with Crippen molar-refractivity contribution in [2.75, 3.05) is 0 Å². The van der Waals surface area contributed by atoms with Gasteiger partial charge in [-0.05, 0) is 49.8 Å². The van der Waals surface area contributed by atoms with E-state index >= 15 is 0 Å². The van der Waals surface area contributed by atoms with E-state index in [-0.39, 0.29) is 5.69 Å². The van der Waals surface area contributed by atoms with E-state index in [0.717, 1.165) is 23.4 Å². The van der Waals surface area contributed by atoms with E-state index < -0.39 is 23.4 Å². The van der Waals surface area contributed by atoms with Crippen molar-refractivity contribution in [1.82, 2.24) is 25.5 Å². The molecule has 168 valence electrons. The minimum Gasteiger partial charge on any atom is -0.322 e. The summed E-state index contributed by atoms with van der Waals surface area (Å²) in [7, 11) is 0. The van der Waals surface area contributed by atoms with Gasteiger partial charge >= 0.3 is 6.03 Å². The molecule has 2 heterocycles. The summed E-state index contributed by atoms with van der Waals surface area (Å²) in [6.07, 6.45) is 2.86. The first kappa shape index (κ1) is 20.9. The van der Waals surface area contributed by atoms with Crippen LogP contribution in [0.1, 0.15) is 43.1 Å². The lowest BCUT2D eigenvalue weighted by Crippen LogP contribution is -2.51. The molecule has 8 nitrogen and oxygen atoms in total. The molecule has 1 saturated carbocycles. The summed E-state index contributed by atoms with van der Waals surface area (Å²) in [5.41, 5.74) is 3.98. The lowest BCUT2D eigenvalue weighted by molar-refractivity contribution is -0.134. The van der Waals surface area contributed by atoms with Crippen LogP contribution < -0.4 is 10.7 Å². The molecule has 8 heteroatoms. The summed E-state index contributed by atoms with van der Waals surface area (Å²) in [6, 6.07) is 19.8. The molecular weight excluding hydrogens is 418 g/mol. The third-order valence-corrected chi connectivity index (χ3v) is 6.52. The van der Waals surface area contributed by atoms with Crippen LogP contribution in [0.25, 0.3) is 16.9 Å². The van der Waals surface area contributed by atoms with Crippen LogP contribution in [0, 0.1) is 5.92 Å². The van der Waals surface area contributed by atoms with Crippen molar-refractivity contribution >= 4 is 17.8 Å². The molecule has 2 N–H and O–H groups in total. The van der Waals surface area contributed by atoms with Gasteiger partial charge in [0, 0.05) is 5.56 Å². The number of carbonyl (C=O) groups excluding carboxylic acids is 3. The number of hydrogen-bond donors (Lipinski definition) is 2. The quantitative estimate of drug-likeness (QED) is 0.601. The molecular formula is C25H25N5O3. The van der Waals surface area contributed by atoms with Gasteiger partial charge < -0.3 is 5.32 Å². The molecule has 1 aliphatic carbocycles. The fourth-order valence-electron chi connectivity index (χ4n) is 4.53. The lowest BCUT2D eigenvalue weighted by Gasteiger charge is -2.33. The number of nitrogens with one attached hydrogen (secondary N) is 2. The molecule has 4 amide bonds. The SMILES string of the molecule is CC1CCC2(CC1)NC(=O)N(NC(=O)c1cc(-c3ccccc3)nn1-c1ccccc1)C2=O. The molecule has 1 aliphatic heterocycles. The van der Waals surface area contributed by atoms with E-state index in [1.54, 1.807) is 6.07 Å². The molecule has 2 aliphatic rings. The average Bonchev–Trinajstić information content (AvgIpc) is 3.38. The van der Waals surface area contributed by atoms with E-state index in [4.69, 9.17) is 0 Å². The summed E-state index contributed by atoms with van der Waals surface area (Å²) >= 11 is 0. The number of benzene rings is 2. The van der Waals surface area contributed by atoms with Gasteiger partial charge in [0.2, 0.25) is 0 Å². The van der Waals surface area contributed by atoms with Gasteiger partial charge in [-0.1, -0.05) is 55.5 Å². The first-order valence-electron chi connectivity index (χ1n) is 11.2. The van der Waals surface area contributed by atoms with Gasteiger partial charge in [0.25, 0.3) is 11.8 Å². The van der Waals surface area contributed by atoms with Gasteiger partial charge in [-0.2, -0.15) is 10.1 Å². The number of para-hydroxylation sites is 1. The number of carbonyl (C=O) groups is 3. The number of urea groups is 1. The standard InChI is InChI=1S/C25H25N5O3/c1-17-12-14-25(15-13-17)23(32)30(24(33)26-25)28-22(31)21-16-20(18-8-4-2-5-9-18)27-29(21)19-10-6-3-7-11-19/h2-11,16-17H,12-15H2,1H3,(H,26,33)(H,28,31). The first-order chi connectivity index (χ1) is 16.0. The van der Waals surface area contributed by atoms with Gasteiger partial charge in [0.05, 0.1) is 11.4 Å². The van der Waals surface area contributed by atoms with Crippen LogP contribution in [0.3, 0.4) is 0 Å². The van der Waals surface area contributed by atoms with Crippen molar-refractivity contribution in [3.63, 3.8) is 0 Å². The number of aromatic nitrogens is 2. The Balaban J connectivity index is 1.45. The third kappa shape index (κ3) is 3.77. The number of hydrogen-bond acceptors (Lipinski definition) is 4. The van der Waals surface area contributed by atoms with Crippen LogP contribution in [0.5, 0.6) is 0 Å². The van der Waals surface area contributed by atoms with Crippen molar-refractivity contribution in [3.8, 4) is 16.9 Å². The highest BCUT2D eigenvalue weighted by Gasteiger charge is 2.53. The van der Waals surface area contributed by atoms with Gasteiger partial charge in [-0.15, -0.1) is 0 Å². The first-order valence-corrected chi connectivity index (χ1v) is 11.2. The van der Waals surface area contributed by atoms with E-state index in [1.807, 2.05) is 60.7 Å². The van der Waals surface area contributed by atoms with Crippen molar-refractivity contribution in [1.29, 1.82) is 0 Å². The fourth-order valence-corrected chi connectivity index (χ4v) is 4.53. The summed E-state index contributed by atoms with van der Waals surface area (Å²) in [4.78, 5) is 39.1. The van der Waals surface area contributed by atoms with E-state index in [0.29, 0.717) is 30.1 Å². The van der Waals surface area contributed by atoms with E-state index in [2.05, 4.69) is 22.8 Å². The molecule has 0 unspecified atom stereocenters. The molecule has 1 aromatic heterocycles. The smallest absolute Gasteiger partial charge is 0.322 e. The summed E-state index contributed by atoms with van der Waals surface area (Å²) < 4.78 is 1.52. The maximum absolute atomic E-state index is 13.3. The Morgan fingerprint density at radius 1 is 1.03 bits per heavy atom. The molecule has 1 spiro atoms. The van der Waals surface area contributed by atoms with Crippen molar-refractivity contribution in [2.24, 2.45) is 5.92 Å². The van der Waals surface area contributed by atoms with Crippen LogP contribution in [-0.2, 0) is 4.79 Å². The Morgan fingerprint density at radius 3 is 2.33 bits per heavy atom. The minimum absolute atomic E-state index is 0.221. The maximum Gasteiger partial charge on any atom is 0.344 e. The van der Waals surface area contributed by atoms with Crippen LogP contribution in [0.4, 0.5) is 4.79 Å². The normalized spacial score (nSPS) is 22.5. The zero-order valence-corrected chi connectivity index (χ0v) is 18.3. The molecule has 0 radical (unpaired) electrons. The molecule has 2 fully saturated rings. The van der Waals surface area contributed by atoms with Crippen molar-refractivity contribution in [3.05, 3.63) is 72.4 Å². The lowest BCUT2D eigenvalue weighted by atomic mass is 9.77. The van der Waals surface area contributed by atoms with Gasteiger partial charge in [0.1, 0.15) is 11.2 Å². The predicted octanol–water partition coefficient (Wildman–Crippen LogP) is 3.68. The van der Waals surface area contributed by atoms with Gasteiger partial charge in [-0.3, -0.25) is 15.0 Å². The zero-order chi connectivity index (χ0) is 23.0. The Hall–Kier alpha value is -3.94. The minimum atomic E-state index is -0.925. The number of rotatable bonds is 4. The fraction of sp³-hybridized carbons (Fsp3) is 0.280. The molecule has 0 atom stereocenters. The van der Waals surface area contributed by atoms with Crippen LogP contribution >= 0.6 is 0 Å². The number of imide groups is 1. The Labute approximate surface area is 191 Å². The second kappa shape index (κ2) is 8.20. The van der Waals surface area contributed by atoms with Crippen LogP contribution in [0.15, 0.2) is 66.7 Å². The molecule has 1 saturated heterocycles. The molecule has 33 heavy (non-hydrogen) atoms. The zero-order valence-electron chi connectivity index (χ0n) is 18.3. The highest BCUT2D eigenvalue weighted by Crippen LogP contribution is 2.36. The average molecular weight is 444 g/mol. The number of hydrazine groups is 1. The third-order valence-electron chi connectivity index (χ3n) is 6.52. The van der Waals surface area contributed by atoms with Crippen molar-refractivity contribution in [2.45, 2.75) is 38.1 Å². The highest BCUT2D eigenvalue weighted by atomic mass is 16.2. The summed E-state index contributed by atoms with van der Waals surface area (Å²) in [5, 5.41) is 8.27. The summed E-state index contributed by atoms with van der Waals surface area (Å²) in [5.74, 6) is -0.472. The topological polar surface area (TPSA) is 96.3 Å². The maximum atomic E-state index is 13.3. The van der Waals surface area contributed by atoms with Crippen LogP contribution in [-0.4, -0.2) is 38.2 Å². The van der Waals surface area contributed by atoms with E-state index in [1.165, 1.54) is 4.68 Å². The molecule has 5 rings (SSSR count). The number of amides is 4. The Bertz CT molecular complexity index is 1200.